The minimum atomic E-state index is -0.0804. The lowest BCUT2D eigenvalue weighted by Gasteiger charge is -2.09. The first-order valence-electron chi connectivity index (χ1n) is 8.37. The number of aromatic nitrogens is 3. The molecule has 1 heterocycles. The number of carbonyl (C=O) groups is 1. The Labute approximate surface area is 171 Å². The van der Waals surface area contributed by atoms with Crippen LogP contribution in [-0.4, -0.2) is 32.7 Å². The van der Waals surface area contributed by atoms with Crippen LogP contribution in [0.1, 0.15) is 6.92 Å². The van der Waals surface area contributed by atoms with Crippen LogP contribution in [0.4, 0.5) is 5.69 Å². The average Bonchev–Trinajstić information content (AvgIpc) is 3.09. The SMILES string of the molecule is CCn1c(SCC(=O)Nc2cccc(SC)c2)nnc1-c1ccccc1Cl. The van der Waals surface area contributed by atoms with E-state index in [1.165, 1.54) is 11.8 Å². The number of anilines is 1. The summed E-state index contributed by atoms with van der Waals surface area (Å²) in [5.41, 5.74) is 1.62. The minimum Gasteiger partial charge on any atom is -0.325 e. The van der Waals surface area contributed by atoms with Gasteiger partial charge in [0.1, 0.15) is 0 Å². The first-order valence-corrected chi connectivity index (χ1v) is 11.0. The smallest absolute Gasteiger partial charge is 0.234 e. The molecule has 0 aliphatic rings. The Balaban J connectivity index is 1.69. The number of carbonyl (C=O) groups excluding carboxylic acids is 1. The highest BCUT2D eigenvalue weighted by Crippen LogP contribution is 2.29. The summed E-state index contributed by atoms with van der Waals surface area (Å²) in [5.74, 6) is 0.881. The Kier molecular flexibility index (Phi) is 6.82. The summed E-state index contributed by atoms with van der Waals surface area (Å²) in [4.78, 5) is 13.4. The molecule has 1 amide bonds. The van der Waals surface area contributed by atoms with Crippen molar-refractivity contribution in [2.75, 3.05) is 17.3 Å². The van der Waals surface area contributed by atoms with Gasteiger partial charge in [0.15, 0.2) is 11.0 Å². The quantitative estimate of drug-likeness (QED) is 0.542. The zero-order chi connectivity index (χ0) is 19.2. The Hall–Kier alpha value is -1.96. The van der Waals surface area contributed by atoms with Gasteiger partial charge in [0.05, 0.1) is 10.8 Å². The van der Waals surface area contributed by atoms with Crippen molar-refractivity contribution in [3.05, 3.63) is 53.6 Å². The summed E-state index contributed by atoms with van der Waals surface area (Å²) >= 11 is 9.28. The molecule has 0 bridgehead atoms. The Bertz CT molecular complexity index is 945. The molecular weight excluding hydrogens is 400 g/mol. The standard InChI is InChI=1S/C19H19ClN4OS2/c1-3-24-18(15-9-4-5-10-16(15)20)22-23-19(24)27-12-17(25)21-13-7-6-8-14(11-13)26-2/h4-11H,3,12H2,1-2H3,(H,21,25). The third-order valence-corrected chi connectivity index (χ3v) is 5.86. The lowest BCUT2D eigenvalue weighted by atomic mass is 10.2. The highest BCUT2D eigenvalue weighted by Gasteiger charge is 2.16. The van der Waals surface area contributed by atoms with Crippen molar-refractivity contribution in [1.82, 2.24) is 14.8 Å². The molecular formula is C19H19ClN4OS2. The number of nitrogens with zero attached hydrogens (tertiary/aromatic N) is 3. The van der Waals surface area contributed by atoms with Crippen LogP contribution in [0.15, 0.2) is 58.6 Å². The fourth-order valence-electron chi connectivity index (χ4n) is 2.55. The van der Waals surface area contributed by atoms with Crippen molar-refractivity contribution in [3.63, 3.8) is 0 Å². The van der Waals surface area contributed by atoms with Crippen LogP contribution >= 0.6 is 35.1 Å². The molecule has 0 fully saturated rings. The summed E-state index contributed by atoms with van der Waals surface area (Å²) in [6, 6.07) is 15.3. The highest BCUT2D eigenvalue weighted by molar-refractivity contribution is 7.99. The monoisotopic (exact) mass is 418 g/mol. The second kappa shape index (κ2) is 9.30. The molecule has 1 aromatic heterocycles. The summed E-state index contributed by atoms with van der Waals surface area (Å²) in [6.45, 7) is 2.70. The van der Waals surface area contributed by atoms with Gasteiger partial charge < -0.3 is 9.88 Å². The van der Waals surface area contributed by atoms with Gasteiger partial charge in [-0.05, 0) is 43.5 Å². The van der Waals surface area contributed by atoms with Crippen molar-refractivity contribution in [3.8, 4) is 11.4 Å². The molecule has 27 heavy (non-hydrogen) atoms. The molecule has 0 aliphatic carbocycles. The molecule has 0 saturated carbocycles. The molecule has 0 unspecified atom stereocenters. The number of halogens is 1. The molecule has 8 heteroatoms. The Morgan fingerprint density at radius 3 is 2.74 bits per heavy atom. The molecule has 0 atom stereocenters. The van der Waals surface area contributed by atoms with Gasteiger partial charge in [-0.2, -0.15) is 0 Å². The van der Waals surface area contributed by atoms with Crippen molar-refractivity contribution >= 4 is 46.7 Å². The number of thioether (sulfide) groups is 2. The van der Waals surface area contributed by atoms with Gasteiger partial charge in [-0.25, -0.2) is 0 Å². The first-order chi connectivity index (χ1) is 13.1. The van der Waals surface area contributed by atoms with Gasteiger partial charge in [-0.3, -0.25) is 4.79 Å². The van der Waals surface area contributed by atoms with E-state index in [1.54, 1.807) is 11.8 Å². The van der Waals surface area contributed by atoms with Gasteiger partial charge in [0.25, 0.3) is 0 Å². The van der Waals surface area contributed by atoms with Crippen LogP contribution in [0.25, 0.3) is 11.4 Å². The van der Waals surface area contributed by atoms with E-state index in [0.717, 1.165) is 16.1 Å². The molecule has 3 rings (SSSR count). The van der Waals surface area contributed by atoms with Crippen LogP contribution in [0.5, 0.6) is 0 Å². The number of amides is 1. The largest absolute Gasteiger partial charge is 0.325 e. The predicted octanol–water partition coefficient (Wildman–Crippen LogP) is 5.07. The maximum atomic E-state index is 12.3. The fraction of sp³-hybridized carbons (Fsp3) is 0.211. The molecule has 5 nitrogen and oxygen atoms in total. The Morgan fingerprint density at radius 2 is 2.00 bits per heavy atom. The van der Waals surface area contributed by atoms with E-state index < -0.39 is 0 Å². The van der Waals surface area contributed by atoms with Crippen LogP contribution < -0.4 is 5.32 Å². The third-order valence-electron chi connectivity index (χ3n) is 3.83. The highest BCUT2D eigenvalue weighted by atomic mass is 35.5. The van der Waals surface area contributed by atoms with Crippen LogP contribution in [0.3, 0.4) is 0 Å². The Morgan fingerprint density at radius 1 is 1.19 bits per heavy atom. The third kappa shape index (κ3) is 4.86. The van der Waals surface area contributed by atoms with Crippen molar-refractivity contribution in [2.24, 2.45) is 0 Å². The zero-order valence-electron chi connectivity index (χ0n) is 15.0. The molecule has 0 radical (unpaired) electrons. The molecule has 3 aromatic rings. The molecule has 0 saturated heterocycles. The summed E-state index contributed by atoms with van der Waals surface area (Å²) in [7, 11) is 0. The van der Waals surface area contributed by atoms with E-state index in [4.69, 9.17) is 11.6 Å². The lowest BCUT2D eigenvalue weighted by Crippen LogP contribution is -2.14. The number of nitrogens with one attached hydrogen (secondary N) is 1. The van der Waals surface area contributed by atoms with Gasteiger partial charge in [-0.15, -0.1) is 22.0 Å². The lowest BCUT2D eigenvalue weighted by molar-refractivity contribution is -0.113. The maximum Gasteiger partial charge on any atom is 0.234 e. The van der Waals surface area contributed by atoms with Crippen LogP contribution in [-0.2, 0) is 11.3 Å². The summed E-state index contributed by atoms with van der Waals surface area (Å²) in [5, 5.41) is 12.8. The van der Waals surface area contributed by atoms with Crippen molar-refractivity contribution < 1.29 is 4.79 Å². The molecule has 2 aromatic carbocycles. The number of benzene rings is 2. The van der Waals surface area contributed by atoms with Crippen LogP contribution in [0.2, 0.25) is 5.02 Å². The number of hydrogen-bond acceptors (Lipinski definition) is 5. The molecule has 1 N–H and O–H groups in total. The predicted molar refractivity (Wildman–Crippen MR) is 114 cm³/mol. The second-order valence-corrected chi connectivity index (χ2v) is 7.83. The number of hydrogen-bond donors (Lipinski definition) is 1. The second-order valence-electron chi connectivity index (χ2n) is 5.60. The molecule has 0 aliphatic heterocycles. The topological polar surface area (TPSA) is 59.8 Å². The minimum absolute atomic E-state index is 0.0804. The normalized spacial score (nSPS) is 10.8. The molecule has 0 spiro atoms. The van der Waals surface area contributed by atoms with Crippen molar-refractivity contribution in [1.29, 1.82) is 0 Å². The summed E-state index contributed by atoms with van der Waals surface area (Å²) in [6.07, 6.45) is 2.00. The van der Waals surface area contributed by atoms with E-state index in [-0.39, 0.29) is 11.7 Å². The van der Waals surface area contributed by atoms with Crippen molar-refractivity contribution in [2.45, 2.75) is 23.5 Å². The van der Waals surface area contributed by atoms with Gasteiger partial charge >= 0.3 is 0 Å². The van der Waals surface area contributed by atoms with Gasteiger partial charge in [0.2, 0.25) is 5.91 Å². The van der Waals surface area contributed by atoms with Crippen LogP contribution in [0, 0.1) is 0 Å². The first kappa shape index (κ1) is 19.8. The van der Waals surface area contributed by atoms with E-state index in [1.807, 2.05) is 66.3 Å². The fourth-order valence-corrected chi connectivity index (χ4v) is 4.03. The summed E-state index contributed by atoms with van der Waals surface area (Å²) < 4.78 is 1.97. The van der Waals surface area contributed by atoms with E-state index in [2.05, 4.69) is 15.5 Å². The maximum absolute atomic E-state index is 12.3. The van der Waals surface area contributed by atoms with E-state index in [9.17, 15) is 4.79 Å². The average molecular weight is 419 g/mol. The van der Waals surface area contributed by atoms with Gasteiger partial charge in [-0.1, -0.05) is 41.6 Å². The van der Waals surface area contributed by atoms with Gasteiger partial charge in [0, 0.05) is 22.7 Å². The number of rotatable bonds is 7. The zero-order valence-corrected chi connectivity index (χ0v) is 17.4. The molecule has 140 valence electrons. The van der Waals surface area contributed by atoms with E-state index in [0.29, 0.717) is 22.5 Å². The van der Waals surface area contributed by atoms with E-state index >= 15 is 0 Å².